The molecular formula is C17H28N4O5S. The van der Waals surface area contributed by atoms with Gasteiger partial charge in [-0.1, -0.05) is 0 Å². The Morgan fingerprint density at radius 2 is 1.81 bits per heavy atom. The smallest absolute Gasteiger partial charge is 0.282 e. The van der Waals surface area contributed by atoms with Gasteiger partial charge in [0.15, 0.2) is 6.23 Å². The molecule has 0 aromatic carbocycles. The second-order valence-corrected chi connectivity index (χ2v) is 9.65. The zero-order chi connectivity index (χ0) is 19.7. The van der Waals surface area contributed by atoms with Crippen molar-refractivity contribution in [1.29, 1.82) is 0 Å². The highest BCUT2D eigenvalue weighted by Gasteiger charge is 2.35. The number of carbonyl (C=O) groups excluding carboxylic acids is 1. The first-order chi connectivity index (χ1) is 12.8. The summed E-state index contributed by atoms with van der Waals surface area (Å²) in [7, 11) is -3.44. The third kappa shape index (κ3) is 4.24. The van der Waals surface area contributed by atoms with Crippen LogP contribution >= 0.6 is 0 Å². The number of hydrogen-bond acceptors (Lipinski definition) is 6. The first kappa shape index (κ1) is 20.4. The molecule has 0 aliphatic carbocycles. The number of aliphatic hydroxyl groups excluding tert-OH is 1. The maximum absolute atomic E-state index is 12.7. The molecule has 1 unspecified atom stereocenters. The third-order valence-electron chi connectivity index (χ3n) is 5.34. The molecule has 10 heteroatoms. The molecule has 0 spiro atoms. The Kier molecular flexibility index (Phi) is 6.02. The lowest BCUT2D eigenvalue weighted by Gasteiger charge is -2.35. The predicted molar refractivity (Wildman–Crippen MR) is 98.2 cm³/mol. The van der Waals surface area contributed by atoms with E-state index >= 15 is 0 Å². The van der Waals surface area contributed by atoms with Crippen molar-refractivity contribution in [3.05, 3.63) is 18.0 Å². The van der Waals surface area contributed by atoms with E-state index in [1.807, 2.05) is 6.07 Å². The molecule has 2 aliphatic heterocycles. The molecule has 27 heavy (non-hydrogen) atoms. The lowest BCUT2D eigenvalue weighted by molar-refractivity contribution is -0.124. The Hall–Kier alpha value is -1.33. The highest BCUT2D eigenvalue weighted by atomic mass is 32.2. The normalized spacial score (nSPS) is 22.6. The highest BCUT2D eigenvalue weighted by molar-refractivity contribution is 7.86. The zero-order valence-corrected chi connectivity index (χ0v) is 16.6. The van der Waals surface area contributed by atoms with E-state index in [9.17, 15) is 18.3 Å². The van der Waals surface area contributed by atoms with Crippen LogP contribution < -0.4 is 0 Å². The van der Waals surface area contributed by atoms with Crippen molar-refractivity contribution in [3.8, 4) is 0 Å². The van der Waals surface area contributed by atoms with Gasteiger partial charge in [0.05, 0.1) is 24.3 Å². The molecule has 3 rings (SSSR count). The zero-order valence-electron chi connectivity index (χ0n) is 15.8. The third-order valence-corrected chi connectivity index (χ3v) is 7.38. The Balaban J connectivity index is 1.62. The number of hydrogen-bond donors (Lipinski definition) is 1. The topological polar surface area (TPSA) is 105 Å². The van der Waals surface area contributed by atoms with Gasteiger partial charge in [-0.3, -0.25) is 0 Å². The Morgan fingerprint density at radius 1 is 1.22 bits per heavy atom. The Labute approximate surface area is 160 Å². The van der Waals surface area contributed by atoms with Crippen LogP contribution in [0.3, 0.4) is 0 Å². The molecule has 2 saturated heterocycles. The van der Waals surface area contributed by atoms with Crippen LogP contribution in [0.4, 0.5) is 0 Å². The Morgan fingerprint density at radius 3 is 2.41 bits per heavy atom. The first-order valence-corrected chi connectivity index (χ1v) is 10.7. The van der Waals surface area contributed by atoms with Crippen molar-refractivity contribution >= 4 is 16.5 Å². The number of carbonyl (C=O) groups is 1. The van der Waals surface area contributed by atoms with E-state index in [4.69, 9.17) is 4.74 Å². The van der Waals surface area contributed by atoms with Crippen molar-refractivity contribution in [2.45, 2.75) is 38.8 Å². The lowest BCUT2D eigenvalue weighted by atomic mass is 9.93. The van der Waals surface area contributed by atoms with E-state index in [0.29, 0.717) is 58.5 Å². The van der Waals surface area contributed by atoms with Gasteiger partial charge in [0.1, 0.15) is 6.29 Å². The minimum absolute atomic E-state index is 0.133. The van der Waals surface area contributed by atoms with Gasteiger partial charge in [-0.15, -0.1) is 0 Å². The fourth-order valence-corrected chi connectivity index (χ4v) is 5.04. The Bertz CT molecular complexity index is 749. The molecule has 0 radical (unpaired) electrons. The first-order valence-electron chi connectivity index (χ1n) is 9.28. The fraction of sp³-hybridized carbons (Fsp3) is 0.765. The largest absolute Gasteiger partial charge is 0.379 e. The maximum atomic E-state index is 12.7. The van der Waals surface area contributed by atoms with Crippen LogP contribution in [0, 0.1) is 5.41 Å². The molecular weight excluding hydrogens is 372 g/mol. The number of aliphatic hydroxyl groups is 1. The SMILES string of the molecule is CC(C)(C=O)C(O)n1ccc(C2CCN(S(=O)(=O)N3CCOCC3)CC2)n1. The van der Waals surface area contributed by atoms with Crippen LogP contribution in [0.15, 0.2) is 12.3 Å². The molecule has 1 N–H and O–H groups in total. The minimum Gasteiger partial charge on any atom is -0.379 e. The summed E-state index contributed by atoms with van der Waals surface area (Å²) in [6.07, 6.45) is 2.70. The number of piperidine rings is 1. The molecule has 3 heterocycles. The predicted octanol–water partition coefficient (Wildman–Crippen LogP) is 0.356. The average molecular weight is 401 g/mol. The molecule has 2 aliphatic rings. The summed E-state index contributed by atoms with van der Waals surface area (Å²) in [6.45, 7) is 5.87. The van der Waals surface area contributed by atoms with Crippen LogP contribution in [-0.2, 0) is 19.7 Å². The molecule has 1 aromatic rings. The average Bonchev–Trinajstić information content (AvgIpc) is 3.18. The van der Waals surface area contributed by atoms with Gasteiger partial charge in [-0.05, 0) is 32.8 Å². The molecule has 9 nitrogen and oxygen atoms in total. The van der Waals surface area contributed by atoms with Gasteiger partial charge in [-0.2, -0.15) is 22.1 Å². The molecule has 1 aromatic heterocycles. The van der Waals surface area contributed by atoms with Crippen molar-refractivity contribution < 1.29 is 23.1 Å². The highest BCUT2D eigenvalue weighted by Crippen LogP contribution is 2.31. The van der Waals surface area contributed by atoms with Gasteiger partial charge in [0.2, 0.25) is 0 Å². The molecule has 152 valence electrons. The molecule has 0 bridgehead atoms. The van der Waals surface area contributed by atoms with Gasteiger partial charge >= 0.3 is 0 Å². The molecule has 0 saturated carbocycles. The van der Waals surface area contributed by atoms with Gasteiger partial charge in [-0.25, -0.2) is 4.68 Å². The number of aldehydes is 1. The second-order valence-electron chi connectivity index (χ2n) is 7.73. The van der Waals surface area contributed by atoms with Crippen molar-refractivity contribution in [1.82, 2.24) is 18.4 Å². The van der Waals surface area contributed by atoms with Gasteiger partial charge < -0.3 is 14.6 Å². The van der Waals surface area contributed by atoms with Crippen LogP contribution in [0.25, 0.3) is 0 Å². The van der Waals surface area contributed by atoms with E-state index in [-0.39, 0.29) is 5.92 Å². The summed E-state index contributed by atoms with van der Waals surface area (Å²) in [5.74, 6) is 0.133. The maximum Gasteiger partial charge on any atom is 0.282 e. The standard InChI is InChI=1S/C17H28N4O5S/c1-17(2,13-22)16(23)21-8-5-15(18-21)14-3-6-19(7-4-14)27(24,25)20-9-11-26-12-10-20/h5,8,13-14,16,23H,3-4,6-7,9-12H2,1-2H3. The van der Waals surface area contributed by atoms with Crippen LogP contribution in [0.5, 0.6) is 0 Å². The van der Waals surface area contributed by atoms with E-state index in [2.05, 4.69) is 5.10 Å². The van der Waals surface area contributed by atoms with Crippen LogP contribution in [0.2, 0.25) is 0 Å². The van der Waals surface area contributed by atoms with Crippen LogP contribution in [0.1, 0.15) is 44.5 Å². The number of aromatic nitrogens is 2. The molecule has 2 fully saturated rings. The second kappa shape index (κ2) is 7.96. The van der Waals surface area contributed by atoms with E-state index in [1.165, 1.54) is 13.3 Å². The van der Waals surface area contributed by atoms with E-state index in [1.54, 1.807) is 20.0 Å². The molecule has 1 atom stereocenters. The quantitative estimate of drug-likeness (QED) is 0.691. The minimum atomic E-state index is -3.44. The fourth-order valence-electron chi connectivity index (χ4n) is 3.43. The summed E-state index contributed by atoms with van der Waals surface area (Å²) in [5, 5.41) is 14.8. The number of ether oxygens (including phenoxy) is 1. The number of morpholine rings is 1. The monoisotopic (exact) mass is 400 g/mol. The summed E-state index contributed by atoms with van der Waals surface area (Å²) < 4.78 is 35.1. The van der Waals surface area contributed by atoms with Crippen molar-refractivity contribution in [3.63, 3.8) is 0 Å². The number of rotatable bonds is 6. The summed E-state index contributed by atoms with van der Waals surface area (Å²) in [6, 6.07) is 1.83. The number of nitrogens with zero attached hydrogens (tertiary/aromatic N) is 4. The summed E-state index contributed by atoms with van der Waals surface area (Å²) in [5.41, 5.74) is -0.113. The van der Waals surface area contributed by atoms with Gasteiger partial charge in [0.25, 0.3) is 10.2 Å². The summed E-state index contributed by atoms with van der Waals surface area (Å²) >= 11 is 0. The van der Waals surface area contributed by atoms with E-state index < -0.39 is 21.9 Å². The molecule has 0 amide bonds. The van der Waals surface area contributed by atoms with Gasteiger partial charge in [0, 0.05) is 38.3 Å². The summed E-state index contributed by atoms with van der Waals surface area (Å²) in [4.78, 5) is 11.1. The lowest BCUT2D eigenvalue weighted by Crippen LogP contribution is -2.50. The van der Waals surface area contributed by atoms with Crippen LogP contribution in [-0.4, -0.2) is 77.6 Å². The van der Waals surface area contributed by atoms with E-state index in [0.717, 1.165) is 5.69 Å². The van der Waals surface area contributed by atoms with Crippen molar-refractivity contribution in [2.24, 2.45) is 5.41 Å². The van der Waals surface area contributed by atoms with Crippen molar-refractivity contribution in [2.75, 3.05) is 39.4 Å².